The molecule has 5 nitrogen and oxygen atoms in total. The smallest absolute Gasteiger partial charge is 0.243 e. The zero-order valence-electron chi connectivity index (χ0n) is 13.3. The molecule has 0 saturated heterocycles. The van der Waals surface area contributed by atoms with Gasteiger partial charge in [0.05, 0.1) is 6.54 Å². The number of rotatable bonds is 6. The Hall–Kier alpha value is -1.11. The fourth-order valence-electron chi connectivity index (χ4n) is 2.02. The third-order valence-electron chi connectivity index (χ3n) is 3.15. The number of anilines is 1. The topological polar surface area (TPSA) is 61.4 Å². The number of nitrogens with one attached hydrogen (secondary N) is 2. The Morgan fingerprint density at radius 2 is 2.00 bits per heavy atom. The van der Waals surface area contributed by atoms with Crippen molar-refractivity contribution in [1.29, 1.82) is 0 Å². The number of aryl methyl sites for hydroxylation is 1. The maximum absolute atomic E-state index is 12.0. The van der Waals surface area contributed by atoms with Crippen molar-refractivity contribution in [3.63, 3.8) is 0 Å². The van der Waals surface area contributed by atoms with E-state index < -0.39 is 0 Å². The second-order valence-electron chi connectivity index (χ2n) is 5.16. The van der Waals surface area contributed by atoms with Crippen LogP contribution in [-0.2, 0) is 9.59 Å². The van der Waals surface area contributed by atoms with Gasteiger partial charge in [0.2, 0.25) is 11.8 Å². The van der Waals surface area contributed by atoms with Crippen molar-refractivity contribution in [3.05, 3.63) is 28.2 Å². The lowest BCUT2D eigenvalue weighted by Gasteiger charge is -2.21. The Balaban J connectivity index is 0.00000441. The van der Waals surface area contributed by atoms with Gasteiger partial charge in [0, 0.05) is 29.7 Å². The quantitative estimate of drug-likeness (QED) is 0.781. The summed E-state index contributed by atoms with van der Waals surface area (Å²) in [5.74, 6) is -0.401. The molecule has 124 valence electrons. The van der Waals surface area contributed by atoms with Gasteiger partial charge in [-0.05, 0) is 37.7 Å². The van der Waals surface area contributed by atoms with E-state index in [1.807, 2.05) is 32.0 Å². The van der Waals surface area contributed by atoms with Gasteiger partial charge >= 0.3 is 0 Å². The highest BCUT2D eigenvalue weighted by Crippen LogP contribution is 2.19. The van der Waals surface area contributed by atoms with E-state index in [1.165, 1.54) is 4.90 Å². The highest BCUT2D eigenvalue weighted by Gasteiger charge is 2.19. The van der Waals surface area contributed by atoms with Gasteiger partial charge in [0.15, 0.2) is 0 Å². The van der Waals surface area contributed by atoms with E-state index >= 15 is 0 Å². The van der Waals surface area contributed by atoms with Gasteiger partial charge in [-0.15, -0.1) is 12.4 Å². The van der Waals surface area contributed by atoms with Gasteiger partial charge < -0.3 is 15.5 Å². The van der Waals surface area contributed by atoms with Crippen LogP contribution in [0, 0.1) is 12.8 Å². The Labute approximate surface area is 146 Å². The minimum atomic E-state index is -0.201. The molecule has 0 aliphatic carbocycles. The first kappa shape index (κ1) is 20.9. The summed E-state index contributed by atoms with van der Waals surface area (Å²) in [5, 5.41) is 5.78. The molecule has 0 aromatic heterocycles. The van der Waals surface area contributed by atoms with Crippen LogP contribution in [0.4, 0.5) is 5.69 Å². The normalized spacial score (nSPS) is 11.3. The second-order valence-corrected chi connectivity index (χ2v) is 6.08. The molecule has 1 aromatic rings. The molecule has 7 heteroatoms. The average molecular weight is 393 g/mol. The average Bonchev–Trinajstić information content (AvgIpc) is 2.41. The van der Waals surface area contributed by atoms with E-state index in [9.17, 15) is 9.59 Å². The lowest BCUT2D eigenvalue weighted by Crippen LogP contribution is -2.40. The highest BCUT2D eigenvalue weighted by atomic mass is 79.9. The molecule has 0 heterocycles. The zero-order valence-corrected chi connectivity index (χ0v) is 15.7. The number of halogens is 2. The molecule has 0 aliphatic heterocycles. The summed E-state index contributed by atoms with van der Waals surface area (Å²) < 4.78 is 0.964. The zero-order chi connectivity index (χ0) is 16.0. The Kier molecular flexibility index (Phi) is 9.32. The third-order valence-corrected chi connectivity index (χ3v) is 3.64. The molecule has 22 heavy (non-hydrogen) atoms. The number of carbonyl (C=O) groups is 2. The monoisotopic (exact) mass is 391 g/mol. The van der Waals surface area contributed by atoms with Crippen LogP contribution in [0.25, 0.3) is 0 Å². The van der Waals surface area contributed by atoms with Crippen LogP contribution in [0.2, 0.25) is 0 Å². The van der Waals surface area contributed by atoms with Crippen molar-refractivity contribution < 1.29 is 9.59 Å². The fraction of sp³-hybridized carbons (Fsp3) is 0.467. The van der Waals surface area contributed by atoms with Gasteiger partial charge in [-0.25, -0.2) is 0 Å². The maximum Gasteiger partial charge on any atom is 0.243 e. The molecule has 2 N–H and O–H groups in total. The number of hydrogen-bond acceptors (Lipinski definition) is 3. The molecular formula is C15H23BrClN3O2. The summed E-state index contributed by atoms with van der Waals surface area (Å²) in [4.78, 5) is 25.5. The second kappa shape index (κ2) is 9.82. The molecule has 1 aromatic carbocycles. The first-order valence-electron chi connectivity index (χ1n) is 6.80. The Bertz CT molecular complexity index is 526. The minimum absolute atomic E-state index is 0. The van der Waals surface area contributed by atoms with E-state index in [0.717, 1.165) is 15.7 Å². The van der Waals surface area contributed by atoms with Crippen LogP contribution in [0.1, 0.15) is 12.5 Å². The number of nitrogens with zero attached hydrogens (tertiary/aromatic N) is 1. The van der Waals surface area contributed by atoms with Crippen molar-refractivity contribution in [1.82, 2.24) is 10.2 Å². The molecule has 0 saturated carbocycles. The number of likely N-dealkylation sites (N-methyl/N-ethyl adjacent to an activating group) is 1. The summed E-state index contributed by atoms with van der Waals surface area (Å²) in [7, 11) is 3.44. The van der Waals surface area contributed by atoms with Crippen LogP contribution in [-0.4, -0.2) is 43.9 Å². The van der Waals surface area contributed by atoms with Gasteiger partial charge in [0.1, 0.15) is 0 Å². The maximum atomic E-state index is 12.0. The van der Waals surface area contributed by atoms with Crippen molar-refractivity contribution >= 4 is 45.8 Å². The number of carbonyl (C=O) groups excluding carboxylic acids is 2. The molecule has 0 spiro atoms. The summed E-state index contributed by atoms with van der Waals surface area (Å²) in [6, 6.07) is 5.63. The van der Waals surface area contributed by atoms with Crippen LogP contribution in [0.5, 0.6) is 0 Å². The number of hydrogen-bond donors (Lipinski definition) is 2. The SMILES string of the molecule is CNCC(C)C(=O)N(C)CC(=O)Nc1ccc(Br)cc1C.Cl. The molecule has 1 rings (SSSR count). The molecule has 0 fully saturated rings. The molecule has 0 radical (unpaired) electrons. The van der Waals surface area contributed by atoms with Gasteiger partial charge in [0.25, 0.3) is 0 Å². The van der Waals surface area contributed by atoms with Crippen LogP contribution in [0.3, 0.4) is 0 Å². The van der Waals surface area contributed by atoms with E-state index in [-0.39, 0.29) is 36.7 Å². The van der Waals surface area contributed by atoms with Gasteiger partial charge in [-0.3, -0.25) is 9.59 Å². The van der Waals surface area contributed by atoms with E-state index in [1.54, 1.807) is 14.1 Å². The largest absolute Gasteiger partial charge is 0.336 e. The predicted octanol–water partition coefficient (Wildman–Crippen LogP) is 2.43. The van der Waals surface area contributed by atoms with Crippen LogP contribution < -0.4 is 10.6 Å². The Morgan fingerprint density at radius 1 is 1.36 bits per heavy atom. The van der Waals surface area contributed by atoms with Gasteiger partial charge in [-0.2, -0.15) is 0 Å². The summed E-state index contributed by atoms with van der Waals surface area (Å²) >= 11 is 3.38. The molecule has 1 unspecified atom stereocenters. The van der Waals surface area contributed by atoms with Crippen molar-refractivity contribution in [2.24, 2.45) is 5.92 Å². The standard InChI is InChI=1S/C15H22BrN3O2.ClH/c1-10-7-12(16)5-6-13(10)18-14(20)9-19(4)15(21)11(2)8-17-3;/h5-7,11,17H,8-9H2,1-4H3,(H,18,20);1H. The third kappa shape index (κ3) is 6.34. The molecular weight excluding hydrogens is 370 g/mol. The van der Waals surface area contributed by atoms with Crippen LogP contribution >= 0.6 is 28.3 Å². The van der Waals surface area contributed by atoms with E-state index in [4.69, 9.17) is 0 Å². The van der Waals surface area contributed by atoms with Gasteiger partial charge in [-0.1, -0.05) is 22.9 Å². The minimum Gasteiger partial charge on any atom is -0.336 e. The number of benzene rings is 1. The Morgan fingerprint density at radius 3 is 2.55 bits per heavy atom. The van der Waals surface area contributed by atoms with Crippen molar-refractivity contribution in [3.8, 4) is 0 Å². The first-order valence-corrected chi connectivity index (χ1v) is 7.60. The number of amides is 2. The highest BCUT2D eigenvalue weighted by molar-refractivity contribution is 9.10. The molecule has 0 aliphatic rings. The summed E-state index contributed by atoms with van der Waals surface area (Å²) in [5.41, 5.74) is 1.72. The predicted molar refractivity (Wildman–Crippen MR) is 95.5 cm³/mol. The van der Waals surface area contributed by atoms with Crippen molar-refractivity contribution in [2.75, 3.05) is 32.5 Å². The fourth-order valence-corrected chi connectivity index (χ4v) is 2.50. The molecule has 0 bridgehead atoms. The van der Waals surface area contributed by atoms with Crippen molar-refractivity contribution in [2.45, 2.75) is 13.8 Å². The van der Waals surface area contributed by atoms with Crippen LogP contribution in [0.15, 0.2) is 22.7 Å². The lowest BCUT2D eigenvalue weighted by atomic mass is 10.1. The lowest BCUT2D eigenvalue weighted by molar-refractivity contribution is -0.136. The summed E-state index contributed by atoms with van der Waals surface area (Å²) in [6.45, 7) is 4.40. The first-order chi connectivity index (χ1) is 9.85. The summed E-state index contributed by atoms with van der Waals surface area (Å²) in [6.07, 6.45) is 0. The van der Waals surface area contributed by atoms with E-state index in [2.05, 4.69) is 26.6 Å². The molecule has 2 amide bonds. The molecule has 1 atom stereocenters. The van der Waals surface area contributed by atoms with E-state index in [0.29, 0.717) is 6.54 Å².